The third-order valence-corrected chi connectivity index (χ3v) is 7.21. The standard InChI is InChI=1S/C35H33ClN2O5/c1-23-15-17-25(18-16-23)27-10-6-7-11-28(27)34(41)37-30-20-19-26(22-24(30)2)35(42)38(3)31-13-9-12-29(36)33(31)43-21-8-4-5-14-32(39)40/h6-13,15-22H,4-5,14H2,1-3H3,(H,37,41)(H,39,40). The fourth-order valence-corrected chi connectivity index (χ4v) is 4.74. The average molecular weight is 597 g/mol. The molecule has 0 aliphatic heterocycles. The predicted molar refractivity (Wildman–Crippen MR) is 171 cm³/mol. The van der Waals surface area contributed by atoms with E-state index in [2.05, 4.69) is 5.32 Å². The molecular formula is C35H33ClN2O5. The van der Waals surface area contributed by atoms with Crippen LogP contribution in [0.15, 0.2) is 97.3 Å². The van der Waals surface area contributed by atoms with E-state index in [0.717, 1.165) is 22.3 Å². The zero-order chi connectivity index (χ0) is 30.9. The third-order valence-electron chi connectivity index (χ3n) is 6.91. The van der Waals surface area contributed by atoms with Gasteiger partial charge in [-0.15, -0.1) is 0 Å². The lowest BCUT2D eigenvalue weighted by molar-refractivity contribution is -0.137. The Morgan fingerprint density at radius 2 is 1.70 bits per heavy atom. The Bertz CT molecular complexity index is 1660. The second-order valence-corrected chi connectivity index (χ2v) is 10.5. The van der Waals surface area contributed by atoms with E-state index in [1.807, 2.05) is 56.3 Å². The first kappa shape index (κ1) is 31.1. The van der Waals surface area contributed by atoms with E-state index in [9.17, 15) is 14.4 Å². The number of halogens is 1. The van der Waals surface area contributed by atoms with Crippen LogP contribution in [0.1, 0.15) is 51.1 Å². The molecule has 0 aliphatic carbocycles. The van der Waals surface area contributed by atoms with Gasteiger partial charge >= 0.3 is 5.97 Å². The van der Waals surface area contributed by atoms with Gasteiger partial charge in [0.15, 0.2) is 5.75 Å². The summed E-state index contributed by atoms with van der Waals surface area (Å²) in [4.78, 5) is 39.0. The first-order valence-electron chi connectivity index (χ1n) is 13.8. The van der Waals surface area contributed by atoms with Gasteiger partial charge in [0, 0.05) is 30.3 Å². The summed E-state index contributed by atoms with van der Waals surface area (Å²) in [6.45, 7) is 3.85. The second-order valence-electron chi connectivity index (χ2n) is 10.1. The van der Waals surface area contributed by atoms with Crippen molar-refractivity contribution in [3.05, 3.63) is 125 Å². The number of amides is 2. The van der Waals surface area contributed by atoms with Crippen molar-refractivity contribution < 1.29 is 24.2 Å². The number of unbranched alkanes of at least 4 members (excludes halogenated alkanes) is 1. The number of aryl methyl sites for hydroxylation is 2. The Kier molecular flexibility index (Phi) is 10.4. The number of benzene rings is 4. The lowest BCUT2D eigenvalue weighted by Crippen LogP contribution is -2.26. The molecule has 0 heterocycles. The molecule has 7 nitrogen and oxygen atoms in total. The molecule has 220 valence electrons. The Balaban J connectivity index is 1.49. The minimum atomic E-state index is -0.850. The molecule has 4 aromatic carbocycles. The highest BCUT2D eigenvalue weighted by Crippen LogP contribution is 2.36. The maximum Gasteiger partial charge on any atom is 0.303 e. The fraction of sp³-hybridized carbons (Fsp3) is 0.171. The molecule has 0 bridgehead atoms. The minimum Gasteiger partial charge on any atom is -0.481 e. The van der Waals surface area contributed by atoms with E-state index in [1.165, 1.54) is 11.2 Å². The summed E-state index contributed by atoms with van der Waals surface area (Å²) in [6, 6.07) is 25.7. The van der Waals surface area contributed by atoms with Crippen LogP contribution < -0.4 is 15.0 Å². The van der Waals surface area contributed by atoms with Gasteiger partial charge in [-0.05, 0) is 85.9 Å². The van der Waals surface area contributed by atoms with E-state index in [0.29, 0.717) is 46.1 Å². The molecule has 2 amide bonds. The number of rotatable bonds is 11. The monoisotopic (exact) mass is 596 g/mol. The summed E-state index contributed by atoms with van der Waals surface area (Å²) in [5.41, 5.74) is 5.70. The van der Waals surface area contributed by atoms with Gasteiger partial charge in [-0.25, -0.2) is 0 Å². The van der Waals surface area contributed by atoms with Crippen LogP contribution in [-0.2, 0) is 4.79 Å². The van der Waals surface area contributed by atoms with Gasteiger partial charge in [0.1, 0.15) is 0 Å². The number of aliphatic carboxylic acids is 1. The van der Waals surface area contributed by atoms with Crippen molar-refractivity contribution in [1.82, 2.24) is 0 Å². The molecule has 4 aromatic rings. The Morgan fingerprint density at radius 1 is 0.953 bits per heavy atom. The van der Waals surface area contributed by atoms with Gasteiger partial charge in [-0.1, -0.05) is 65.7 Å². The summed E-state index contributed by atoms with van der Waals surface area (Å²) in [6.07, 6.45) is 4.25. The zero-order valence-electron chi connectivity index (χ0n) is 24.3. The van der Waals surface area contributed by atoms with Gasteiger partial charge in [-0.3, -0.25) is 14.4 Å². The van der Waals surface area contributed by atoms with E-state index < -0.39 is 5.97 Å². The molecular weight excluding hydrogens is 564 g/mol. The minimum absolute atomic E-state index is 0.0710. The summed E-state index contributed by atoms with van der Waals surface area (Å²) in [7, 11) is 1.63. The predicted octanol–water partition coefficient (Wildman–Crippen LogP) is 8.30. The number of para-hydroxylation sites is 1. The molecule has 0 aliphatic rings. The molecule has 0 fully saturated rings. The number of allylic oxidation sites excluding steroid dienone is 1. The van der Waals surface area contributed by atoms with Crippen molar-refractivity contribution in [2.45, 2.75) is 33.1 Å². The summed E-state index contributed by atoms with van der Waals surface area (Å²) < 4.78 is 5.76. The van der Waals surface area contributed by atoms with Crippen LogP contribution >= 0.6 is 11.6 Å². The number of nitrogens with zero attached hydrogens (tertiary/aromatic N) is 1. The molecule has 4 rings (SSSR count). The van der Waals surface area contributed by atoms with Crippen molar-refractivity contribution in [3.8, 4) is 16.9 Å². The van der Waals surface area contributed by atoms with Crippen molar-refractivity contribution in [3.63, 3.8) is 0 Å². The van der Waals surface area contributed by atoms with Crippen molar-refractivity contribution >= 4 is 40.8 Å². The summed E-state index contributed by atoms with van der Waals surface area (Å²) in [5.74, 6) is -1.07. The van der Waals surface area contributed by atoms with Crippen LogP contribution in [0.5, 0.6) is 5.75 Å². The Labute approximate surface area is 256 Å². The highest BCUT2D eigenvalue weighted by molar-refractivity contribution is 6.32. The Morgan fingerprint density at radius 3 is 2.42 bits per heavy atom. The molecule has 0 saturated carbocycles. The number of carbonyl (C=O) groups excluding carboxylic acids is 2. The van der Waals surface area contributed by atoms with Crippen molar-refractivity contribution in [2.24, 2.45) is 0 Å². The van der Waals surface area contributed by atoms with E-state index in [-0.39, 0.29) is 18.2 Å². The molecule has 43 heavy (non-hydrogen) atoms. The maximum atomic E-state index is 13.5. The number of nitrogens with one attached hydrogen (secondary N) is 1. The highest BCUT2D eigenvalue weighted by atomic mass is 35.5. The first-order valence-corrected chi connectivity index (χ1v) is 14.2. The average Bonchev–Trinajstić information content (AvgIpc) is 3.00. The highest BCUT2D eigenvalue weighted by Gasteiger charge is 2.20. The van der Waals surface area contributed by atoms with Crippen LogP contribution in [-0.4, -0.2) is 29.9 Å². The largest absolute Gasteiger partial charge is 0.481 e. The zero-order valence-corrected chi connectivity index (χ0v) is 25.0. The molecule has 0 unspecified atom stereocenters. The lowest BCUT2D eigenvalue weighted by atomic mass is 9.98. The number of ether oxygens (including phenoxy) is 1. The molecule has 0 atom stereocenters. The van der Waals surface area contributed by atoms with Gasteiger partial charge in [-0.2, -0.15) is 0 Å². The number of carbonyl (C=O) groups is 3. The van der Waals surface area contributed by atoms with E-state index in [1.54, 1.807) is 55.6 Å². The topological polar surface area (TPSA) is 95.9 Å². The normalized spacial score (nSPS) is 10.9. The quantitative estimate of drug-likeness (QED) is 0.134. The maximum absolute atomic E-state index is 13.5. The number of hydrogen-bond acceptors (Lipinski definition) is 4. The summed E-state index contributed by atoms with van der Waals surface area (Å²) >= 11 is 6.39. The molecule has 0 spiro atoms. The smallest absolute Gasteiger partial charge is 0.303 e. The second kappa shape index (κ2) is 14.3. The number of carboxylic acids is 1. The third kappa shape index (κ3) is 7.90. The van der Waals surface area contributed by atoms with Gasteiger partial charge < -0.3 is 20.1 Å². The lowest BCUT2D eigenvalue weighted by Gasteiger charge is -2.21. The number of hydrogen-bond donors (Lipinski definition) is 2. The number of anilines is 2. The van der Waals surface area contributed by atoms with Gasteiger partial charge in [0.25, 0.3) is 11.8 Å². The fourth-order valence-electron chi connectivity index (χ4n) is 4.53. The van der Waals surface area contributed by atoms with E-state index >= 15 is 0 Å². The van der Waals surface area contributed by atoms with E-state index in [4.69, 9.17) is 21.4 Å². The van der Waals surface area contributed by atoms with Crippen molar-refractivity contribution in [1.29, 1.82) is 0 Å². The molecule has 0 radical (unpaired) electrons. The SMILES string of the molecule is Cc1ccc(-c2ccccc2C(=O)Nc2ccc(C(=O)N(C)c3cccc(Cl)c3OC=CCCCC(=O)O)cc2C)cc1. The molecule has 0 aromatic heterocycles. The molecule has 0 saturated heterocycles. The Hall–Kier alpha value is -4.88. The summed E-state index contributed by atoms with van der Waals surface area (Å²) in [5, 5.41) is 12.1. The van der Waals surface area contributed by atoms with Gasteiger partial charge in [0.2, 0.25) is 0 Å². The molecule has 2 N–H and O–H groups in total. The first-order chi connectivity index (χ1) is 20.7. The van der Waals surface area contributed by atoms with Crippen LogP contribution in [0.3, 0.4) is 0 Å². The number of carboxylic acid groups (broad SMARTS) is 1. The van der Waals surface area contributed by atoms with Crippen molar-refractivity contribution in [2.75, 3.05) is 17.3 Å². The van der Waals surface area contributed by atoms with Crippen LogP contribution in [0.4, 0.5) is 11.4 Å². The van der Waals surface area contributed by atoms with Gasteiger partial charge in [0.05, 0.1) is 17.0 Å². The molecule has 8 heteroatoms. The van der Waals surface area contributed by atoms with Crippen LogP contribution in [0, 0.1) is 13.8 Å². The van der Waals surface area contributed by atoms with Crippen LogP contribution in [0.2, 0.25) is 5.02 Å². The van der Waals surface area contributed by atoms with Crippen LogP contribution in [0.25, 0.3) is 11.1 Å².